The van der Waals surface area contributed by atoms with E-state index in [0.29, 0.717) is 0 Å². The third kappa shape index (κ3) is 3.55. The van der Waals surface area contributed by atoms with Crippen molar-refractivity contribution in [3.05, 3.63) is 0 Å². The molecular formula is C4H4ClF3O2. The molecule has 0 saturated heterocycles. The summed E-state index contributed by atoms with van der Waals surface area (Å²) in [6.45, 7) is 1.12. The van der Waals surface area contributed by atoms with Crippen molar-refractivity contribution in [1.82, 2.24) is 0 Å². The van der Waals surface area contributed by atoms with Gasteiger partial charge in [0.1, 0.15) is 0 Å². The van der Waals surface area contributed by atoms with Gasteiger partial charge in [0.2, 0.25) is 0 Å². The van der Waals surface area contributed by atoms with Gasteiger partial charge in [0.15, 0.2) is 5.56 Å². The molecule has 0 saturated carbocycles. The Balaban J connectivity index is 3.87. The Morgan fingerprint density at radius 3 is 2.10 bits per heavy atom. The van der Waals surface area contributed by atoms with E-state index in [4.69, 9.17) is 11.6 Å². The van der Waals surface area contributed by atoms with E-state index >= 15 is 0 Å². The van der Waals surface area contributed by atoms with E-state index in [9.17, 15) is 18.0 Å². The molecule has 0 aromatic carbocycles. The number of ether oxygens (including phenoxy) is 1. The normalized spacial score (nSPS) is 14.5. The van der Waals surface area contributed by atoms with Crippen LogP contribution in [0, 0.1) is 0 Å². The van der Waals surface area contributed by atoms with Crippen LogP contribution in [0.1, 0.15) is 6.92 Å². The molecule has 2 nitrogen and oxygen atoms in total. The van der Waals surface area contributed by atoms with Gasteiger partial charge in [0.25, 0.3) is 0 Å². The Kier molecular flexibility index (Phi) is 2.96. The molecule has 0 bridgehead atoms. The molecule has 0 aromatic heterocycles. The topological polar surface area (TPSA) is 26.3 Å². The molecule has 0 aliphatic heterocycles. The summed E-state index contributed by atoms with van der Waals surface area (Å²) in [6, 6.07) is 0. The Morgan fingerprint density at radius 1 is 1.60 bits per heavy atom. The molecule has 0 radical (unpaired) electrons. The number of alkyl halides is 4. The molecule has 0 fully saturated rings. The largest absolute Gasteiger partial charge is 0.490 e. The van der Waals surface area contributed by atoms with Crippen LogP contribution in [0.3, 0.4) is 0 Å². The minimum atomic E-state index is -4.96. The van der Waals surface area contributed by atoms with Gasteiger partial charge in [-0.15, -0.1) is 0 Å². The second-order valence-electron chi connectivity index (χ2n) is 1.45. The van der Waals surface area contributed by atoms with Crippen LogP contribution in [0.2, 0.25) is 0 Å². The number of rotatable bonds is 1. The summed E-state index contributed by atoms with van der Waals surface area (Å²) in [7, 11) is 0. The molecule has 1 unspecified atom stereocenters. The zero-order valence-corrected chi connectivity index (χ0v) is 5.66. The Morgan fingerprint density at radius 2 is 2.00 bits per heavy atom. The molecule has 10 heavy (non-hydrogen) atoms. The van der Waals surface area contributed by atoms with E-state index < -0.39 is 17.7 Å². The van der Waals surface area contributed by atoms with Gasteiger partial charge in [-0.05, 0) is 6.92 Å². The van der Waals surface area contributed by atoms with Crippen LogP contribution in [0.5, 0.6) is 0 Å². The Bertz CT molecular complexity index is 131. The average Bonchev–Trinajstić information content (AvgIpc) is 1.60. The number of halogens is 4. The monoisotopic (exact) mass is 176 g/mol. The minimum absolute atomic E-state index is 1.12. The fourth-order valence-electron chi connectivity index (χ4n) is 0.214. The van der Waals surface area contributed by atoms with Gasteiger partial charge in [-0.25, -0.2) is 4.79 Å². The highest BCUT2D eigenvalue weighted by atomic mass is 35.5. The van der Waals surface area contributed by atoms with Crippen LogP contribution in [0.4, 0.5) is 13.2 Å². The highest BCUT2D eigenvalue weighted by Gasteiger charge is 2.41. The van der Waals surface area contributed by atoms with Crippen molar-refractivity contribution in [3.8, 4) is 0 Å². The van der Waals surface area contributed by atoms with Crippen LogP contribution in [-0.4, -0.2) is 17.7 Å². The lowest BCUT2D eigenvalue weighted by Gasteiger charge is -2.07. The van der Waals surface area contributed by atoms with E-state index in [1.807, 2.05) is 0 Å². The highest BCUT2D eigenvalue weighted by Crippen LogP contribution is 2.17. The average molecular weight is 177 g/mol. The van der Waals surface area contributed by atoms with E-state index in [2.05, 4.69) is 4.74 Å². The summed E-state index contributed by atoms with van der Waals surface area (Å²) in [5, 5.41) is 0. The maximum Gasteiger partial charge on any atom is 0.490 e. The lowest BCUT2D eigenvalue weighted by Crippen LogP contribution is -2.27. The predicted molar refractivity (Wildman–Crippen MR) is 27.5 cm³/mol. The molecule has 0 N–H and O–H groups in total. The zero-order chi connectivity index (χ0) is 8.36. The minimum Gasteiger partial charge on any atom is -0.440 e. The van der Waals surface area contributed by atoms with Gasteiger partial charge < -0.3 is 4.74 Å². The summed E-state index contributed by atoms with van der Waals surface area (Å²) in [4.78, 5) is 9.84. The first kappa shape index (κ1) is 9.55. The van der Waals surface area contributed by atoms with E-state index in [1.165, 1.54) is 0 Å². The second kappa shape index (κ2) is 3.09. The summed E-state index contributed by atoms with van der Waals surface area (Å²) in [5.74, 6) is -2.27. The second-order valence-corrected chi connectivity index (χ2v) is 2.06. The van der Waals surface area contributed by atoms with Gasteiger partial charge in [0, 0.05) is 0 Å². The molecule has 0 heterocycles. The number of hydrogen-bond donors (Lipinski definition) is 0. The van der Waals surface area contributed by atoms with Crippen molar-refractivity contribution in [2.24, 2.45) is 0 Å². The lowest BCUT2D eigenvalue weighted by molar-refractivity contribution is -0.200. The van der Waals surface area contributed by atoms with Gasteiger partial charge >= 0.3 is 12.1 Å². The smallest absolute Gasteiger partial charge is 0.440 e. The van der Waals surface area contributed by atoms with Crippen LogP contribution >= 0.6 is 11.6 Å². The fourth-order valence-corrected chi connectivity index (χ4v) is 0.295. The van der Waals surface area contributed by atoms with Gasteiger partial charge in [0.05, 0.1) is 0 Å². The first-order chi connectivity index (χ1) is 4.34. The SMILES string of the molecule is CC(Cl)OC(=O)C(F)(F)F. The number of carbonyl (C=O) groups excluding carboxylic acids is 1. The van der Waals surface area contributed by atoms with Gasteiger partial charge in [-0.1, -0.05) is 11.6 Å². The maximum absolute atomic E-state index is 11.3. The summed E-state index contributed by atoms with van der Waals surface area (Å²) >= 11 is 4.94. The van der Waals surface area contributed by atoms with E-state index in [1.54, 1.807) is 0 Å². The highest BCUT2D eigenvalue weighted by molar-refractivity contribution is 6.20. The fraction of sp³-hybridized carbons (Fsp3) is 0.750. The Labute approximate surface area is 59.9 Å². The van der Waals surface area contributed by atoms with E-state index in [-0.39, 0.29) is 0 Å². The number of hydrogen-bond acceptors (Lipinski definition) is 2. The van der Waals surface area contributed by atoms with Crippen molar-refractivity contribution >= 4 is 17.6 Å². The van der Waals surface area contributed by atoms with Crippen LogP contribution in [0.15, 0.2) is 0 Å². The molecule has 6 heteroatoms. The van der Waals surface area contributed by atoms with E-state index in [0.717, 1.165) is 6.92 Å². The Hall–Kier alpha value is -0.450. The molecule has 0 aliphatic rings. The van der Waals surface area contributed by atoms with Crippen LogP contribution in [-0.2, 0) is 9.53 Å². The van der Waals surface area contributed by atoms with Crippen LogP contribution in [0.25, 0.3) is 0 Å². The van der Waals surface area contributed by atoms with Gasteiger partial charge in [-0.2, -0.15) is 13.2 Å². The molecule has 0 aliphatic carbocycles. The first-order valence-electron chi connectivity index (χ1n) is 2.26. The third-order valence-electron chi connectivity index (χ3n) is 0.501. The molecular weight excluding hydrogens is 172 g/mol. The predicted octanol–water partition coefficient (Wildman–Crippen LogP) is 1.68. The molecule has 0 rings (SSSR count). The van der Waals surface area contributed by atoms with Crippen molar-refractivity contribution in [3.63, 3.8) is 0 Å². The molecule has 0 spiro atoms. The number of carbonyl (C=O) groups is 1. The summed E-state index contributed by atoms with van der Waals surface area (Å²) in [5.41, 5.74) is -1.26. The van der Waals surface area contributed by atoms with Crippen molar-refractivity contribution < 1.29 is 22.7 Å². The quantitative estimate of drug-likeness (QED) is 0.449. The van der Waals surface area contributed by atoms with Gasteiger partial charge in [-0.3, -0.25) is 0 Å². The molecule has 0 amide bonds. The van der Waals surface area contributed by atoms with Crippen molar-refractivity contribution in [2.75, 3.05) is 0 Å². The first-order valence-corrected chi connectivity index (χ1v) is 2.69. The van der Waals surface area contributed by atoms with Crippen molar-refractivity contribution in [1.29, 1.82) is 0 Å². The van der Waals surface area contributed by atoms with Crippen LogP contribution < -0.4 is 0 Å². The summed E-state index contributed by atoms with van der Waals surface area (Å²) < 4.78 is 37.4. The maximum atomic E-state index is 11.3. The zero-order valence-electron chi connectivity index (χ0n) is 4.91. The molecule has 0 aromatic rings. The molecule has 60 valence electrons. The number of esters is 1. The van der Waals surface area contributed by atoms with Crippen molar-refractivity contribution in [2.45, 2.75) is 18.7 Å². The third-order valence-corrected chi connectivity index (χ3v) is 0.590. The lowest BCUT2D eigenvalue weighted by atomic mass is 10.6. The molecule has 1 atom stereocenters. The standard InChI is InChI=1S/C4H4ClF3O2/c1-2(5)10-3(9)4(6,7)8/h2H,1H3. The summed E-state index contributed by atoms with van der Waals surface area (Å²) in [6.07, 6.45) is -4.96.